The van der Waals surface area contributed by atoms with E-state index in [0.717, 1.165) is 37.8 Å². The lowest BCUT2D eigenvalue weighted by Gasteiger charge is -2.36. The number of nitrogens with zero attached hydrogens (tertiary/aromatic N) is 2. The van der Waals surface area contributed by atoms with Gasteiger partial charge in [-0.15, -0.1) is 0 Å². The summed E-state index contributed by atoms with van der Waals surface area (Å²) in [6, 6.07) is 3.22. The van der Waals surface area contributed by atoms with Gasteiger partial charge in [-0.25, -0.2) is 9.18 Å². The van der Waals surface area contributed by atoms with Crippen molar-refractivity contribution in [3.63, 3.8) is 0 Å². The van der Waals surface area contributed by atoms with Crippen molar-refractivity contribution in [3.8, 4) is 5.75 Å². The van der Waals surface area contributed by atoms with Crippen molar-refractivity contribution in [1.29, 1.82) is 0 Å². The van der Waals surface area contributed by atoms with Crippen LogP contribution in [-0.4, -0.2) is 66.6 Å². The van der Waals surface area contributed by atoms with Crippen LogP contribution in [0.15, 0.2) is 12.1 Å². The highest BCUT2D eigenvalue weighted by Crippen LogP contribution is 2.45. The summed E-state index contributed by atoms with van der Waals surface area (Å²) in [5.74, 6) is -0.368. The zero-order valence-corrected chi connectivity index (χ0v) is 19.3. The van der Waals surface area contributed by atoms with Gasteiger partial charge in [0.2, 0.25) is 5.91 Å². The SMILES string of the molecule is COC(=O)c1cc(C2CC2)c(OC2CCCN(CC(=O)N(C(C)C)C(C)C)C2)cc1F. The molecule has 1 aromatic rings. The van der Waals surface area contributed by atoms with Crippen LogP contribution < -0.4 is 4.74 Å². The highest BCUT2D eigenvalue weighted by molar-refractivity contribution is 5.90. The molecule has 0 bridgehead atoms. The van der Waals surface area contributed by atoms with Crippen LogP contribution in [0.2, 0.25) is 0 Å². The summed E-state index contributed by atoms with van der Waals surface area (Å²) in [6.07, 6.45) is 3.67. The zero-order chi connectivity index (χ0) is 22.7. The van der Waals surface area contributed by atoms with Gasteiger partial charge < -0.3 is 14.4 Å². The number of hydrogen-bond donors (Lipinski definition) is 0. The van der Waals surface area contributed by atoms with E-state index in [1.165, 1.54) is 13.2 Å². The molecular formula is C24H35FN2O4. The number of benzene rings is 1. The van der Waals surface area contributed by atoms with E-state index >= 15 is 0 Å². The smallest absolute Gasteiger partial charge is 0.340 e. The fourth-order valence-corrected chi connectivity index (χ4v) is 4.53. The Labute approximate surface area is 184 Å². The number of halogens is 1. The van der Waals surface area contributed by atoms with Gasteiger partial charge in [-0.3, -0.25) is 9.69 Å². The minimum absolute atomic E-state index is 0.0462. The predicted octanol–water partition coefficient (Wildman–Crippen LogP) is 3.98. The normalized spacial score (nSPS) is 19.5. The number of esters is 1. The van der Waals surface area contributed by atoms with Crippen LogP contribution in [0.5, 0.6) is 5.75 Å². The largest absolute Gasteiger partial charge is 0.489 e. The Kier molecular flexibility index (Phi) is 7.57. The van der Waals surface area contributed by atoms with Crippen LogP contribution in [0.1, 0.15) is 75.2 Å². The standard InChI is InChI=1S/C24H35FN2O4/c1-15(2)27(16(3)4)23(28)14-26-10-6-7-18(13-26)31-22-12-21(25)20(24(29)30-5)11-19(22)17-8-9-17/h11-12,15-18H,6-10,13-14H2,1-5H3. The molecular weight excluding hydrogens is 399 g/mol. The minimum Gasteiger partial charge on any atom is -0.489 e. The van der Waals surface area contributed by atoms with Crippen molar-refractivity contribution in [3.05, 3.63) is 29.1 Å². The topological polar surface area (TPSA) is 59.1 Å². The van der Waals surface area contributed by atoms with Gasteiger partial charge in [0.05, 0.1) is 19.2 Å². The molecule has 0 N–H and O–H groups in total. The van der Waals surface area contributed by atoms with Crippen molar-refractivity contribution in [1.82, 2.24) is 9.80 Å². The van der Waals surface area contributed by atoms with Crippen molar-refractivity contribution in [2.24, 2.45) is 0 Å². The Morgan fingerprint density at radius 2 is 1.84 bits per heavy atom. The molecule has 172 valence electrons. The molecule has 31 heavy (non-hydrogen) atoms. The molecule has 1 aliphatic carbocycles. The van der Waals surface area contributed by atoms with E-state index < -0.39 is 11.8 Å². The second-order valence-electron chi connectivity index (χ2n) is 9.24. The van der Waals surface area contributed by atoms with Gasteiger partial charge in [0.25, 0.3) is 0 Å². The lowest BCUT2D eigenvalue weighted by Crippen LogP contribution is -2.50. The first kappa shape index (κ1) is 23.5. The minimum atomic E-state index is -0.673. The average Bonchev–Trinajstić information content (AvgIpc) is 3.52. The van der Waals surface area contributed by atoms with Gasteiger partial charge in [-0.2, -0.15) is 0 Å². The Morgan fingerprint density at radius 3 is 2.42 bits per heavy atom. The van der Waals surface area contributed by atoms with Crippen molar-refractivity contribution in [2.45, 2.75) is 77.5 Å². The molecule has 1 unspecified atom stereocenters. The van der Waals surface area contributed by atoms with E-state index in [-0.39, 0.29) is 29.7 Å². The van der Waals surface area contributed by atoms with Crippen LogP contribution in [0, 0.1) is 5.82 Å². The summed E-state index contributed by atoms with van der Waals surface area (Å²) in [4.78, 5) is 28.8. The molecule has 6 nitrogen and oxygen atoms in total. The second-order valence-corrected chi connectivity index (χ2v) is 9.24. The summed E-state index contributed by atoms with van der Waals surface area (Å²) in [7, 11) is 1.25. The number of amides is 1. The molecule has 0 radical (unpaired) electrons. The third-order valence-corrected chi connectivity index (χ3v) is 6.04. The summed E-state index contributed by atoms with van der Waals surface area (Å²) < 4.78 is 25.5. The highest BCUT2D eigenvalue weighted by atomic mass is 19.1. The summed E-state index contributed by atoms with van der Waals surface area (Å²) >= 11 is 0. The monoisotopic (exact) mass is 434 g/mol. The molecule has 1 saturated carbocycles. The van der Waals surface area contributed by atoms with E-state index in [9.17, 15) is 14.0 Å². The molecule has 1 atom stereocenters. The van der Waals surface area contributed by atoms with Gasteiger partial charge in [0, 0.05) is 24.7 Å². The first-order chi connectivity index (χ1) is 14.7. The fraction of sp³-hybridized carbons (Fsp3) is 0.667. The lowest BCUT2D eigenvalue weighted by atomic mass is 10.0. The van der Waals surface area contributed by atoms with E-state index in [1.807, 2.05) is 32.6 Å². The van der Waals surface area contributed by atoms with E-state index in [4.69, 9.17) is 9.47 Å². The van der Waals surface area contributed by atoms with Crippen LogP contribution in [0.25, 0.3) is 0 Å². The van der Waals surface area contributed by atoms with E-state index in [0.29, 0.717) is 24.8 Å². The molecule has 7 heteroatoms. The summed E-state index contributed by atoms with van der Waals surface area (Å²) in [5, 5.41) is 0. The highest BCUT2D eigenvalue weighted by Gasteiger charge is 2.32. The fourth-order valence-electron chi connectivity index (χ4n) is 4.53. The maximum Gasteiger partial charge on any atom is 0.340 e. The van der Waals surface area contributed by atoms with Gasteiger partial charge in [-0.05, 0) is 77.5 Å². The Bertz CT molecular complexity index is 799. The third-order valence-electron chi connectivity index (χ3n) is 6.04. The Balaban J connectivity index is 1.70. The van der Waals surface area contributed by atoms with E-state index in [1.54, 1.807) is 6.07 Å². The number of rotatable bonds is 8. The van der Waals surface area contributed by atoms with Gasteiger partial charge in [0.1, 0.15) is 17.7 Å². The number of carbonyl (C=O) groups excluding carboxylic acids is 2. The molecule has 1 saturated heterocycles. The van der Waals surface area contributed by atoms with Crippen molar-refractivity contribution >= 4 is 11.9 Å². The number of methoxy groups -OCH3 is 1. The van der Waals surface area contributed by atoms with Gasteiger partial charge in [-0.1, -0.05) is 0 Å². The number of hydrogen-bond acceptors (Lipinski definition) is 5. The van der Waals surface area contributed by atoms with Gasteiger partial charge >= 0.3 is 5.97 Å². The zero-order valence-electron chi connectivity index (χ0n) is 19.3. The van der Waals surface area contributed by atoms with Crippen LogP contribution in [-0.2, 0) is 9.53 Å². The predicted molar refractivity (Wildman–Crippen MR) is 117 cm³/mol. The maximum atomic E-state index is 14.6. The summed E-state index contributed by atoms with van der Waals surface area (Å²) in [6.45, 7) is 9.97. The third kappa shape index (κ3) is 5.76. The molecule has 0 spiro atoms. The number of ether oxygens (including phenoxy) is 2. The molecule has 2 fully saturated rings. The number of likely N-dealkylation sites (tertiary alicyclic amines) is 1. The average molecular weight is 435 g/mol. The number of piperidine rings is 1. The second kappa shape index (κ2) is 9.98. The molecule has 0 aromatic heterocycles. The quantitative estimate of drug-likeness (QED) is 0.580. The molecule has 1 heterocycles. The summed E-state index contributed by atoms with van der Waals surface area (Å²) in [5.41, 5.74) is 0.830. The molecule has 1 amide bonds. The van der Waals surface area contributed by atoms with Crippen LogP contribution in [0.4, 0.5) is 4.39 Å². The van der Waals surface area contributed by atoms with Gasteiger partial charge in [0.15, 0.2) is 0 Å². The van der Waals surface area contributed by atoms with Crippen LogP contribution in [0.3, 0.4) is 0 Å². The molecule has 1 aromatic carbocycles. The molecule has 1 aliphatic heterocycles. The van der Waals surface area contributed by atoms with Crippen LogP contribution >= 0.6 is 0 Å². The molecule has 2 aliphatic rings. The lowest BCUT2D eigenvalue weighted by molar-refractivity contribution is -0.136. The Morgan fingerprint density at radius 1 is 1.16 bits per heavy atom. The Hall–Kier alpha value is -2.15. The van der Waals surface area contributed by atoms with Crippen molar-refractivity contribution in [2.75, 3.05) is 26.7 Å². The molecule has 3 rings (SSSR count). The first-order valence-corrected chi connectivity index (χ1v) is 11.3. The first-order valence-electron chi connectivity index (χ1n) is 11.3. The van der Waals surface area contributed by atoms with Crippen molar-refractivity contribution < 1.29 is 23.5 Å². The number of carbonyl (C=O) groups is 2. The maximum absolute atomic E-state index is 14.6. The van der Waals surface area contributed by atoms with E-state index in [2.05, 4.69) is 4.90 Å².